The fourth-order valence-corrected chi connectivity index (χ4v) is 4.81. The van der Waals surface area contributed by atoms with Crippen molar-refractivity contribution in [3.63, 3.8) is 0 Å². The molecule has 7 heteroatoms. The van der Waals surface area contributed by atoms with Crippen molar-refractivity contribution in [2.75, 3.05) is 52.5 Å². The molecule has 194 valence electrons. The highest BCUT2D eigenvalue weighted by Crippen LogP contribution is 2.40. The molecule has 35 heavy (non-hydrogen) atoms. The van der Waals surface area contributed by atoms with E-state index in [2.05, 4.69) is 71.9 Å². The minimum absolute atomic E-state index is 0.00859. The molecule has 0 bridgehead atoms. The number of amides is 1. The Kier molecular flexibility index (Phi) is 10.9. The van der Waals surface area contributed by atoms with Crippen LogP contribution in [0.2, 0.25) is 0 Å². The Morgan fingerprint density at radius 2 is 1.94 bits per heavy atom. The quantitative estimate of drug-likeness (QED) is 0.278. The fraction of sp³-hybridized carbons (Fsp3) is 0.607. The summed E-state index contributed by atoms with van der Waals surface area (Å²) in [5.74, 6) is -0.784. The summed E-state index contributed by atoms with van der Waals surface area (Å²) in [5.41, 5.74) is 3.69. The van der Waals surface area contributed by atoms with Gasteiger partial charge in [0.15, 0.2) is 5.79 Å². The number of hydrogen-bond acceptors (Lipinski definition) is 6. The van der Waals surface area contributed by atoms with Gasteiger partial charge in [0.2, 0.25) is 5.91 Å². The minimum atomic E-state index is -0.812. The summed E-state index contributed by atoms with van der Waals surface area (Å²) in [6.07, 6.45) is 8.70. The zero-order valence-corrected chi connectivity index (χ0v) is 21.6. The summed E-state index contributed by atoms with van der Waals surface area (Å²) in [4.78, 5) is 13.3. The maximum Gasteiger partial charge on any atom is 0.216 e. The summed E-state index contributed by atoms with van der Waals surface area (Å²) >= 11 is 0. The van der Waals surface area contributed by atoms with E-state index in [0.29, 0.717) is 19.8 Å². The number of carbonyl (C=O) groups excluding carboxylic acids is 1. The molecular weight excluding hydrogens is 442 g/mol. The number of aliphatic hydroxyl groups is 1. The molecule has 0 aromatic heterocycles. The molecule has 3 N–H and O–H groups in total. The van der Waals surface area contributed by atoms with Crippen LogP contribution in [-0.4, -0.2) is 80.3 Å². The zero-order valence-electron chi connectivity index (χ0n) is 21.6. The molecular formula is C28H43N3O4. The van der Waals surface area contributed by atoms with Crippen molar-refractivity contribution in [2.24, 2.45) is 5.92 Å². The molecule has 0 saturated carbocycles. The molecule has 0 spiro atoms. The summed E-state index contributed by atoms with van der Waals surface area (Å²) in [6.45, 7) is 11.8. The van der Waals surface area contributed by atoms with Crippen LogP contribution >= 0.6 is 0 Å². The van der Waals surface area contributed by atoms with Gasteiger partial charge in [-0.15, -0.1) is 0 Å². The summed E-state index contributed by atoms with van der Waals surface area (Å²) < 4.78 is 13.0. The number of hydrogen-bond donors (Lipinski definition) is 3. The highest BCUT2D eigenvalue weighted by atomic mass is 16.7. The second kappa shape index (κ2) is 13.9. The average Bonchev–Trinajstić information content (AvgIpc) is 3.25. The molecule has 1 saturated heterocycles. The van der Waals surface area contributed by atoms with E-state index in [1.54, 1.807) is 0 Å². The van der Waals surface area contributed by atoms with Gasteiger partial charge in [0.25, 0.3) is 0 Å². The van der Waals surface area contributed by atoms with E-state index >= 15 is 0 Å². The van der Waals surface area contributed by atoms with Crippen LogP contribution in [0.15, 0.2) is 42.5 Å². The second-order valence-corrected chi connectivity index (χ2v) is 9.62. The van der Waals surface area contributed by atoms with Gasteiger partial charge in [-0.25, -0.2) is 0 Å². The Labute approximate surface area is 210 Å². The Bertz CT molecular complexity index is 872. The molecule has 7 nitrogen and oxygen atoms in total. The third-order valence-corrected chi connectivity index (χ3v) is 6.83. The third kappa shape index (κ3) is 8.26. The van der Waals surface area contributed by atoms with Crippen LogP contribution < -0.4 is 10.6 Å². The molecule has 1 fully saturated rings. The zero-order chi connectivity index (χ0) is 25.1. The number of nitrogens with one attached hydrogen (secondary N) is 2. The molecule has 1 aromatic carbocycles. The van der Waals surface area contributed by atoms with E-state index in [1.807, 2.05) is 0 Å². The largest absolute Gasteiger partial charge is 0.392 e. The van der Waals surface area contributed by atoms with Gasteiger partial charge in [-0.1, -0.05) is 43.3 Å². The SMILES string of the molecule is CC(=O)NCCNCCCOC1(OCCCN2CCC(O)C2)C=CC=C(c2ccccc2C)[C@H]1C. The average molecular weight is 486 g/mol. The number of allylic oxidation sites excluding steroid dienone is 2. The van der Waals surface area contributed by atoms with Crippen LogP contribution in [0.1, 0.15) is 44.2 Å². The first-order valence-electron chi connectivity index (χ1n) is 13.0. The lowest BCUT2D eigenvalue weighted by Gasteiger charge is -2.40. The molecule has 0 radical (unpaired) electrons. The topological polar surface area (TPSA) is 83.1 Å². The predicted molar refractivity (Wildman–Crippen MR) is 140 cm³/mol. The number of rotatable bonds is 14. The van der Waals surface area contributed by atoms with E-state index in [-0.39, 0.29) is 17.9 Å². The van der Waals surface area contributed by atoms with Crippen LogP contribution in [0.5, 0.6) is 0 Å². The number of aryl methyl sites for hydroxylation is 1. The number of likely N-dealkylation sites (tertiary alicyclic amines) is 1. The summed E-state index contributed by atoms with van der Waals surface area (Å²) in [6, 6.07) is 8.45. The number of β-amino-alcohol motifs (C(OH)–C–C–N with tert-alkyl or cyclic N) is 1. The number of aliphatic hydroxyl groups excluding tert-OH is 1. The number of ether oxygens (including phenoxy) is 2. The minimum Gasteiger partial charge on any atom is -0.392 e. The van der Waals surface area contributed by atoms with Crippen LogP contribution in [-0.2, 0) is 14.3 Å². The third-order valence-electron chi connectivity index (χ3n) is 6.83. The van der Waals surface area contributed by atoms with Gasteiger partial charge in [-0.2, -0.15) is 0 Å². The highest BCUT2D eigenvalue weighted by Gasteiger charge is 2.40. The van der Waals surface area contributed by atoms with Gasteiger partial charge >= 0.3 is 0 Å². The van der Waals surface area contributed by atoms with E-state index in [0.717, 1.165) is 52.0 Å². The molecule has 3 atom stereocenters. The number of nitrogens with zero attached hydrogens (tertiary/aromatic N) is 1. The van der Waals surface area contributed by atoms with Gasteiger partial charge in [-0.05, 0) is 55.5 Å². The number of benzene rings is 1. The fourth-order valence-electron chi connectivity index (χ4n) is 4.81. The van der Waals surface area contributed by atoms with Gasteiger partial charge in [-0.3, -0.25) is 4.79 Å². The van der Waals surface area contributed by atoms with Crippen molar-refractivity contribution in [1.29, 1.82) is 0 Å². The molecule has 1 aromatic rings. The van der Waals surface area contributed by atoms with Gasteiger partial charge in [0, 0.05) is 45.6 Å². The first-order valence-corrected chi connectivity index (χ1v) is 13.0. The van der Waals surface area contributed by atoms with Crippen molar-refractivity contribution < 1.29 is 19.4 Å². The lowest BCUT2D eigenvalue weighted by atomic mass is 9.82. The Morgan fingerprint density at radius 1 is 1.17 bits per heavy atom. The lowest BCUT2D eigenvalue weighted by Crippen LogP contribution is -2.43. The second-order valence-electron chi connectivity index (χ2n) is 9.62. The summed E-state index contributed by atoms with van der Waals surface area (Å²) in [5, 5.41) is 15.9. The van der Waals surface area contributed by atoms with E-state index in [9.17, 15) is 9.90 Å². The Balaban J connectivity index is 1.57. The normalized spacial score (nSPS) is 24.5. The molecule has 1 aliphatic carbocycles. The smallest absolute Gasteiger partial charge is 0.216 e. The maximum absolute atomic E-state index is 11.0. The molecule has 1 heterocycles. The molecule has 2 aliphatic rings. The van der Waals surface area contributed by atoms with Gasteiger partial charge < -0.3 is 30.1 Å². The van der Waals surface area contributed by atoms with Crippen molar-refractivity contribution in [3.8, 4) is 0 Å². The van der Waals surface area contributed by atoms with Crippen molar-refractivity contribution in [2.45, 2.75) is 51.9 Å². The maximum atomic E-state index is 11.0. The molecule has 1 aliphatic heterocycles. The predicted octanol–water partition coefficient (Wildman–Crippen LogP) is 2.89. The first-order chi connectivity index (χ1) is 16.9. The van der Waals surface area contributed by atoms with Crippen molar-refractivity contribution in [3.05, 3.63) is 53.6 Å². The van der Waals surface area contributed by atoms with Crippen molar-refractivity contribution in [1.82, 2.24) is 15.5 Å². The molecule has 2 unspecified atom stereocenters. The van der Waals surface area contributed by atoms with Crippen LogP contribution in [0, 0.1) is 12.8 Å². The van der Waals surface area contributed by atoms with E-state index in [1.165, 1.54) is 23.6 Å². The monoisotopic (exact) mass is 485 g/mol. The van der Waals surface area contributed by atoms with Crippen LogP contribution in [0.3, 0.4) is 0 Å². The van der Waals surface area contributed by atoms with Crippen molar-refractivity contribution >= 4 is 11.5 Å². The van der Waals surface area contributed by atoms with Crippen LogP contribution in [0.4, 0.5) is 0 Å². The Hall–Kier alpha value is -2.03. The molecule has 3 rings (SSSR count). The van der Waals surface area contributed by atoms with Gasteiger partial charge in [0.05, 0.1) is 19.3 Å². The Morgan fingerprint density at radius 3 is 2.66 bits per heavy atom. The first kappa shape index (κ1) is 27.6. The van der Waals surface area contributed by atoms with E-state index < -0.39 is 5.79 Å². The number of carbonyl (C=O) groups is 1. The van der Waals surface area contributed by atoms with E-state index in [4.69, 9.17) is 9.47 Å². The van der Waals surface area contributed by atoms with Crippen LogP contribution in [0.25, 0.3) is 5.57 Å². The summed E-state index contributed by atoms with van der Waals surface area (Å²) in [7, 11) is 0. The highest BCUT2D eigenvalue weighted by molar-refractivity contribution is 5.73. The van der Waals surface area contributed by atoms with Gasteiger partial charge in [0.1, 0.15) is 0 Å². The standard InChI is InChI=1S/C28H43N3O4/c1-22-9-4-5-10-26(22)27-11-6-13-28(23(27)2,34-19-7-14-29-15-16-30-24(3)32)35-20-8-17-31-18-12-25(33)21-31/h4-6,9-11,13,23,25,29,33H,7-8,12,14-21H2,1-3H3,(H,30,32)/t23-,25?,28?/m1/s1. The lowest BCUT2D eigenvalue weighted by molar-refractivity contribution is -0.223. The molecule has 1 amide bonds.